The van der Waals surface area contributed by atoms with Crippen molar-refractivity contribution in [3.05, 3.63) is 0 Å². The van der Waals surface area contributed by atoms with E-state index in [4.69, 9.17) is 5.73 Å². The maximum Gasteiger partial charge on any atom is 0.226 e. The number of rotatable bonds is 6. The average Bonchev–Trinajstić information content (AvgIpc) is 2.38. The molecule has 1 rings (SSSR count). The van der Waals surface area contributed by atoms with Gasteiger partial charge in [0, 0.05) is 20.1 Å². The molecular formula is C14H28N2O. The molecule has 100 valence electrons. The SMILES string of the molecule is CCC(CN)C(=O)N(C)CCC1CCCCC1. The second-order valence-corrected chi connectivity index (χ2v) is 5.39. The van der Waals surface area contributed by atoms with Crippen LogP contribution in [-0.4, -0.2) is 30.9 Å². The molecule has 0 spiro atoms. The number of nitrogens with zero attached hydrogens (tertiary/aromatic N) is 1. The van der Waals surface area contributed by atoms with E-state index in [0.717, 1.165) is 18.9 Å². The Morgan fingerprint density at radius 3 is 2.53 bits per heavy atom. The van der Waals surface area contributed by atoms with Crippen LogP contribution in [0.15, 0.2) is 0 Å². The fourth-order valence-corrected chi connectivity index (χ4v) is 2.72. The van der Waals surface area contributed by atoms with Crippen LogP contribution in [0, 0.1) is 11.8 Å². The molecule has 1 saturated carbocycles. The predicted octanol–water partition coefficient (Wildman–Crippen LogP) is 2.40. The minimum absolute atomic E-state index is 0.0198. The smallest absolute Gasteiger partial charge is 0.226 e. The first-order chi connectivity index (χ1) is 8.19. The van der Waals surface area contributed by atoms with Crippen LogP contribution in [0.4, 0.5) is 0 Å². The number of hydrogen-bond donors (Lipinski definition) is 1. The maximum atomic E-state index is 12.0. The highest BCUT2D eigenvalue weighted by Crippen LogP contribution is 2.26. The minimum Gasteiger partial charge on any atom is -0.345 e. The van der Waals surface area contributed by atoms with E-state index in [2.05, 4.69) is 0 Å². The topological polar surface area (TPSA) is 46.3 Å². The van der Waals surface area contributed by atoms with Crippen molar-refractivity contribution in [3.63, 3.8) is 0 Å². The van der Waals surface area contributed by atoms with Gasteiger partial charge < -0.3 is 10.6 Å². The number of amides is 1. The van der Waals surface area contributed by atoms with Gasteiger partial charge in [0.1, 0.15) is 0 Å². The fraction of sp³-hybridized carbons (Fsp3) is 0.929. The third-order valence-corrected chi connectivity index (χ3v) is 4.10. The van der Waals surface area contributed by atoms with Gasteiger partial charge in [-0.05, 0) is 18.8 Å². The van der Waals surface area contributed by atoms with Gasteiger partial charge in [0.2, 0.25) is 5.91 Å². The molecule has 0 radical (unpaired) electrons. The maximum absolute atomic E-state index is 12.0. The highest BCUT2D eigenvalue weighted by atomic mass is 16.2. The molecule has 1 amide bonds. The summed E-state index contributed by atoms with van der Waals surface area (Å²) in [6.07, 6.45) is 8.89. The Morgan fingerprint density at radius 1 is 1.35 bits per heavy atom. The molecule has 1 atom stereocenters. The second-order valence-electron chi connectivity index (χ2n) is 5.39. The molecule has 3 heteroatoms. The van der Waals surface area contributed by atoms with E-state index in [9.17, 15) is 4.79 Å². The summed E-state index contributed by atoms with van der Waals surface area (Å²) >= 11 is 0. The van der Waals surface area contributed by atoms with Crippen molar-refractivity contribution in [2.24, 2.45) is 17.6 Å². The van der Waals surface area contributed by atoms with Crippen molar-refractivity contribution in [1.82, 2.24) is 4.90 Å². The van der Waals surface area contributed by atoms with Gasteiger partial charge in [-0.1, -0.05) is 39.0 Å². The molecule has 0 aromatic heterocycles. The van der Waals surface area contributed by atoms with Crippen LogP contribution >= 0.6 is 0 Å². The van der Waals surface area contributed by atoms with Crippen LogP contribution in [0.25, 0.3) is 0 Å². The highest BCUT2D eigenvalue weighted by Gasteiger charge is 2.20. The lowest BCUT2D eigenvalue weighted by Crippen LogP contribution is -2.37. The molecule has 1 aliphatic carbocycles. The summed E-state index contributed by atoms with van der Waals surface area (Å²) in [7, 11) is 1.92. The molecule has 0 saturated heterocycles. The van der Waals surface area contributed by atoms with E-state index in [1.807, 2.05) is 18.9 Å². The van der Waals surface area contributed by atoms with Crippen LogP contribution in [0.3, 0.4) is 0 Å². The van der Waals surface area contributed by atoms with Gasteiger partial charge in [0.15, 0.2) is 0 Å². The summed E-state index contributed by atoms with van der Waals surface area (Å²) in [6, 6.07) is 0. The lowest BCUT2D eigenvalue weighted by Gasteiger charge is -2.26. The van der Waals surface area contributed by atoms with Crippen LogP contribution in [-0.2, 0) is 4.79 Å². The molecule has 1 unspecified atom stereocenters. The lowest BCUT2D eigenvalue weighted by molar-refractivity contribution is -0.134. The molecule has 3 nitrogen and oxygen atoms in total. The summed E-state index contributed by atoms with van der Waals surface area (Å²) in [5.74, 6) is 1.09. The van der Waals surface area contributed by atoms with Crippen molar-refractivity contribution in [3.8, 4) is 0 Å². The zero-order valence-corrected chi connectivity index (χ0v) is 11.5. The van der Waals surface area contributed by atoms with E-state index in [0.29, 0.717) is 6.54 Å². The predicted molar refractivity (Wildman–Crippen MR) is 71.7 cm³/mol. The molecule has 2 N–H and O–H groups in total. The van der Waals surface area contributed by atoms with Crippen molar-refractivity contribution in [2.45, 2.75) is 51.9 Å². The summed E-state index contributed by atoms with van der Waals surface area (Å²) < 4.78 is 0. The standard InChI is InChI=1S/C14H28N2O/c1-3-13(11-15)14(17)16(2)10-9-12-7-5-4-6-8-12/h12-13H,3-11,15H2,1-2H3. The van der Waals surface area contributed by atoms with Gasteiger partial charge in [-0.2, -0.15) is 0 Å². The summed E-state index contributed by atoms with van der Waals surface area (Å²) in [6.45, 7) is 3.41. The number of hydrogen-bond acceptors (Lipinski definition) is 2. The monoisotopic (exact) mass is 240 g/mol. The van der Waals surface area contributed by atoms with Crippen molar-refractivity contribution in [2.75, 3.05) is 20.1 Å². The van der Waals surface area contributed by atoms with Gasteiger partial charge in [-0.3, -0.25) is 4.79 Å². The average molecular weight is 240 g/mol. The Hall–Kier alpha value is -0.570. The first kappa shape index (κ1) is 14.5. The molecule has 0 heterocycles. The molecular weight excluding hydrogens is 212 g/mol. The molecule has 17 heavy (non-hydrogen) atoms. The third kappa shape index (κ3) is 4.66. The minimum atomic E-state index is 0.0198. The highest BCUT2D eigenvalue weighted by molar-refractivity contribution is 5.78. The van der Waals surface area contributed by atoms with E-state index < -0.39 is 0 Å². The van der Waals surface area contributed by atoms with Crippen LogP contribution < -0.4 is 5.73 Å². The number of carbonyl (C=O) groups is 1. The molecule has 0 aromatic rings. The van der Waals surface area contributed by atoms with Gasteiger partial charge in [0.25, 0.3) is 0 Å². The van der Waals surface area contributed by atoms with E-state index in [-0.39, 0.29) is 11.8 Å². The van der Waals surface area contributed by atoms with Crippen LogP contribution in [0.1, 0.15) is 51.9 Å². The Kier molecular flexibility index (Phi) is 6.56. The Morgan fingerprint density at radius 2 is 2.00 bits per heavy atom. The first-order valence-corrected chi connectivity index (χ1v) is 7.14. The zero-order valence-electron chi connectivity index (χ0n) is 11.5. The molecule has 1 aliphatic rings. The Labute approximate surface area is 106 Å². The van der Waals surface area contributed by atoms with Crippen molar-refractivity contribution in [1.29, 1.82) is 0 Å². The van der Waals surface area contributed by atoms with E-state index >= 15 is 0 Å². The van der Waals surface area contributed by atoms with Crippen LogP contribution in [0.2, 0.25) is 0 Å². The summed E-state index contributed by atoms with van der Waals surface area (Å²) in [5.41, 5.74) is 5.61. The van der Waals surface area contributed by atoms with Gasteiger partial charge >= 0.3 is 0 Å². The van der Waals surface area contributed by atoms with E-state index in [1.54, 1.807) is 0 Å². The molecule has 0 bridgehead atoms. The third-order valence-electron chi connectivity index (χ3n) is 4.10. The molecule has 0 aliphatic heterocycles. The van der Waals surface area contributed by atoms with Gasteiger partial charge in [-0.25, -0.2) is 0 Å². The fourth-order valence-electron chi connectivity index (χ4n) is 2.72. The summed E-state index contributed by atoms with van der Waals surface area (Å²) in [4.78, 5) is 13.9. The summed E-state index contributed by atoms with van der Waals surface area (Å²) in [5, 5.41) is 0. The lowest BCUT2D eigenvalue weighted by atomic mass is 9.87. The number of carbonyl (C=O) groups excluding carboxylic acids is 1. The quantitative estimate of drug-likeness (QED) is 0.775. The Bertz CT molecular complexity index is 220. The molecule has 0 aromatic carbocycles. The van der Waals surface area contributed by atoms with E-state index in [1.165, 1.54) is 38.5 Å². The second kappa shape index (κ2) is 7.70. The first-order valence-electron chi connectivity index (χ1n) is 7.14. The molecule has 1 fully saturated rings. The van der Waals surface area contributed by atoms with Gasteiger partial charge in [-0.15, -0.1) is 0 Å². The largest absolute Gasteiger partial charge is 0.345 e. The van der Waals surface area contributed by atoms with Crippen molar-refractivity contribution >= 4 is 5.91 Å². The van der Waals surface area contributed by atoms with Gasteiger partial charge in [0.05, 0.1) is 5.92 Å². The van der Waals surface area contributed by atoms with Crippen molar-refractivity contribution < 1.29 is 4.79 Å². The zero-order chi connectivity index (χ0) is 12.7. The Balaban J connectivity index is 2.27. The number of nitrogens with two attached hydrogens (primary N) is 1. The van der Waals surface area contributed by atoms with Crippen LogP contribution in [0.5, 0.6) is 0 Å². The normalized spacial score (nSPS) is 19.0.